The van der Waals surface area contributed by atoms with Gasteiger partial charge in [0.2, 0.25) is 0 Å². The van der Waals surface area contributed by atoms with Gasteiger partial charge in [-0.3, -0.25) is 10.1 Å². The number of piperidine rings is 1. The first-order valence-corrected chi connectivity index (χ1v) is 16.1. The van der Waals surface area contributed by atoms with Crippen molar-refractivity contribution in [3.63, 3.8) is 0 Å². The standard InChI is InChI=1S/C33H43FN4O5S/c1-22(16-19-32(2,3)4)29-28(23-8-10-24(34)11-9-23)30(35-44(42)27-14-12-26(13-15-27)38(40)41)37(29)25-17-20-36(21-18-25)31(39)43-33(5,6)7/h8-16,25,28-29H,17-21H2,1-7H3/b22-16+,35-30?. The number of likely N-dealkylation sites (tertiary alicyclic amines) is 2. The van der Waals surface area contributed by atoms with Crippen LogP contribution in [0.3, 0.4) is 0 Å². The molecule has 4 rings (SSSR count). The summed E-state index contributed by atoms with van der Waals surface area (Å²) in [6.07, 6.45) is 4.10. The molecule has 1 amide bonds. The van der Waals surface area contributed by atoms with Gasteiger partial charge < -0.3 is 14.5 Å². The zero-order chi connectivity index (χ0) is 32.4. The molecule has 2 aliphatic heterocycles. The molecule has 238 valence electrons. The number of halogens is 1. The fraction of sp³-hybridized carbons (Fsp3) is 0.515. The lowest BCUT2D eigenvalue weighted by Crippen LogP contribution is -2.65. The van der Waals surface area contributed by atoms with Crippen LogP contribution in [0, 0.1) is 21.3 Å². The highest BCUT2D eigenvalue weighted by Gasteiger charge is 2.50. The fourth-order valence-electron chi connectivity index (χ4n) is 5.59. The maximum absolute atomic E-state index is 14.0. The number of ether oxygens (including phenoxy) is 1. The van der Waals surface area contributed by atoms with E-state index in [9.17, 15) is 23.5 Å². The Kier molecular flexibility index (Phi) is 9.97. The summed E-state index contributed by atoms with van der Waals surface area (Å²) in [4.78, 5) is 27.7. The molecule has 3 unspecified atom stereocenters. The number of allylic oxidation sites excluding steroid dienone is 1. The van der Waals surface area contributed by atoms with Crippen LogP contribution in [0.15, 0.2) is 69.5 Å². The molecule has 9 nitrogen and oxygen atoms in total. The highest BCUT2D eigenvalue weighted by molar-refractivity contribution is 7.83. The summed E-state index contributed by atoms with van der Waals surface area (Å²) in [5.74, 6) is 0.0131. The third-order valence-corrected chi connectivity index (χ3v) is 8.85. The maximum Gasteiger partial charge on any atom is 0.410 e. The number of carbonyl (C=O) groups excluding carboxylic acids is 1. The molecular weight excluding hydrogens is 583 g/mol. The van der Waals surface area contributed by atoms with Crippen LogP contribution in [0.5, 0.6) is 0 Å². The van der Waals surface area contributed by atoms with Gasteiger partial charge in [-0.1, -0.05) is 44.6 Å². The van der Waals surface area contributed by atoms with Crippen molar-refractivity contribution in [2.24, 2.45) is 9.81 Å². The van der Waals surface area contributed by atoms with Crippen LogP contribution in [-0.4, -0.2) is 61.6 Å². The Morgan fingerprint density at radius 3 is 2.18 bits per heavy atom. The van der Waals surface area contributed by atoms with Gasteiger partial charge in [-0.05, 0) is 82.2 Å². The largest absolute Gasteiger partial charge is 0.444 e. The summed E-state index contributed by atoms with van der Waals surface area (Å²) in [6.45, 7) is 15.2. The number of hydrogen-bond donors (Lipinski definition) is 0. The van der Waals surface area contributed by atoms with Gasteiger partial charge in [-0.25, -0.2) is 13.4 Å². The molecule has 0 aliphatic carbocycles. The van der Waals surface area contributed by atoms with E-state index in [1.807, 2.05) is 20.8 Å². The Hall–Kier alpha value is -3.60. The van der Waals surface area contributed by atoms with Crippen molar-refractivity contribution in [3.8, 4) is 0 Å². The molecule has 0 bridgehead atoms. The third kappa shape index (κ3) is 8.11. The topological polar surface area (TPSA) is 105 Å². The van der Waals surface area contributed by atoms with Gasteiger partial charge in [0, 0.05) is 31.3 Å². The van der Waals surface area contributed by atoms with Gasteiger partial charge in [0.15, 0.2) is 11.0 Å². The molecule has 2 saturated heterocycles. The molecule has 0 N–H and O–H groups in total. The van der Waals surface area contributed by atoms with Crippen LogP contribution >= 0.6 is 0 Å². The van der Waals surface area contributed by atoms with Gasteiger partial charge in [0.25, 0.3) is 5.69 Å². The summed E-state index contributed by atoms with van der Waals surface area (Å²) in [5.41, 5.74) is 1.40. The molecule has 2 aliphatic rings. The average Bonchev–Trinajstić information content (AvgIpc) is 2.94. The van der Waals surface area contributed by atoms with Crippen LogP contribution in [0.1, 0.15) is 79.2 Å². The molecular formula is C33H43FN4O5S. The molecule has 2 aromatic rings. The monoisotopic (exact) mass is 626 g/mol. The van der Waals surface area contributed by atoms with Crippen molar-refractivity contribution in [1.29, 1.82) is 0 Å². The van der Waals surface area contributed by atoms with Crippen molar-refractivity contribution >= 4 is 28.6 Å². The molecule has 0 aromatic heterocycles. The second-order valence-corrected chi connectivity index (χ2v) is 14.9. The Bertz CT molecular complexity index is 1440. The lowest BCUT2D eigenvalue weighted by Gasteiger charge is -2.56. The molecule has 2 aromatic carbocycles. The normalized spacial score (nSPS) is 21.6. The van der Waals surface area contributed by atoms with Gasteiger partial charge in [0.1, 0.15) is 17.3 Å². The minimum Gasteiger partial charge on any atom is -0.444 e. The second kappa shape index (κ2) is 13.2. The maximum atomic E-state index is 14.0. The SMILES string of the molecule is C/C(=C\CC(C)(C)C)C1C(c2ccc(F)cc2)C(=NS(=O)c2ccc([N+](=O)[O-])cc2)N1C1CCN(C(=O)OC(C)(C)C)CC1. The minimum atomic E-state index is -1.83. The number of non-ortho nitro benzene ring substituents is 1. The second-order valence-electron chi connectivity index (χ2n) is 13.7. The number of amidine groups is 1. The van der Waals surface area contributed by atoms with E-state index in [1.54, 1.807) is 17.0 Å². The first-order chi connectivity index (χ1) is 20.5. The first-order valence-electron chi connectivity index (χ1n) is 15.0. The highest BCUT2D eigenvalue weighted by atomic mass is 32.2. The zero-order valence-corrected chi connectivity index (χ0v) is 27.4. The smallest absolute Gasteiger partial charge is 0.410 e. The summed E-state index contributed by atoms with van der Waals surface area (Å²) in [5, 5.41) is 11.1. The van der Waals surface area contributed by atoms with E-state index in [2.05, 4.69) is 38.7 Å². The molecule has 11 heteroatoms. The first kappa shape index (κ1) is 33.3. The molecule has 0 radical (unpaired) electrons. The van der Waals surface area contributed by atoms with Crippen LogP contribution < -0.4 is 0 Å². The fourth-order valence-corrected chi connectivity index (χ4v) is 6.44. The molecule has 2 fully saturated rings. The lowest BCUT2D eigenvalue weighted by molar-refractivity contribution is -0.384. The number of carbonyl (C=O) groups is 1. The van der Waals surface area contributed by atoms with Gasteiger partial charge in [-0.15, -0.1) is 0 Å². The molecule has 0 saturated carbocycles. The molecule has 2 heterocycles. The van der Waals surface area contributed by atoms with Crippen molar-refractivity contribution < 1.29 is 23.1 Å². The van der Waals surface area contributed by atoms with Crippen LogP contribution in [-0.2, 0) is 15.7 Å². The van der Waals surface area contributed by atoms with Gasteiger partial charge in [-0.2, -0.15) is 4.40 Å². The third-order valence-electron chi connectivity index (χ3n) is 7.83. The average molecular weight is 627 g/mol. The van der Waals surface area contributed by atoms with E-state index in [4.69, 9.17) is 9.13 Å². The molecule has 44 heavy (non-hydrogen) atoms. The predicted octanol–water partition coefficient (Wildman–Crippen LogP) is 7.41. The lowest BCUT2D eigenvalue weighted by atomic mass is 9.74. The number of nitro groups is 1. The Morgan fingerprint density at radius 2 is 1.66 bits per heavy atom. The number of nitro benzene ring substituents is 1. The summed E-state index contributed by atoms with van der Waals surface area (Å²) in [7, 11) is -1.83. The van der Waals surface area contributed by atoms with Crippen LogP contribution in [0.25, 0.3) is 0 Å². The minimum absolute atomic E-state index is 0.0148. The molecule has 3 atom stereocenters. The van der Waals surface area contributed by atoms with Gasteiger partial charge >= 0.3 is 6.09 Å². The predicted molar refractivity (Wildman–Crippen MR) is 170 cm³/mol. The van der Waals surface area contributed by atoms with Crippen LogP contribution in [0.2, 0.25) is 0 Å². The summed E-state index contributed by atoms with van der Waals surface area (Å²) in [6, 6.07) is 11.8. The number of benzene rings is 2. The summed E-state index contributed by atoms with van der Waals surface area (Å²) < 4.78 is 37.9. The van der Waals surface area contributed by atoms with Crippen molar-refractivity contribution in [1.82, 2.24) is 9.80 Å². The quantitative estimate of drug-likeness (QED) is 0.180. The Labute approximate surface area is 261 Å². The van der Waals surface area contributed by atoms with Gasteiger partial charge in [0.05, 0.1) is 21.8 Å². The number of rotatable bonds is 7. The van der Waals surface area contributed by atoms with E-state index < -0.39 is 21.5 Å². The van der Waals surface area contributed by atoms with Crippen molar-refractivity contribution in [2.45, 2.75) is 96.2 Å². The molecule has 0 spiro atoms. The van der Waals surface area contributed by atoms with Crippen LogP contribution in [0.4, 0.5) is 14.9 Å². The number of amides is 1. The van der Waals surface area contributed by atoms with E-state index in [1.165, 1.54) is 36.4 Å². The van der Waals surface area contributed by atoms with E-state index in [0.29, 0.717) is 36.7 Å². The highest BCUT2D eigenvalue weighted by Crippen LogP contribution is 2.45. The zero-order valence-electron chi connectivity index (χ0n) is 26.6. The van der Waals surface area contributed by atoms with E-state index in [-0.39, 0.29) is 41.0 Å². The number of nitrogens with zero attached hydrogens (tertiary/aromatic N) is 4. The van der Waals surface area contributed by atoms with Crippen molar-refractivity contribution in [3.05, 3.63) is 81.7 Å². The van der Waals surface area contributed by atoms with Crippen molar-refractivity contribution in [2.75, 3.05) is 13.1 Å². The Morgan fingerprint density at radius 1 is 1.07 bits per heavy atom. The van der Waals surface area contributed by atoms with E-state index in [0.717, 1.165) is 17.6 Å². The Balaban J connectivity index is 1.71. The number of hydrogen-bond acceptors (Lipinski definition) is 5. The summed E-state index contributed by atoms with van der Waals surface area (Å²) >= 11 is 0. The van der Waals surface area contributed by atoms with E-state index >= 15 is 0 Å².